The van der Waals surface area contributed by atoms with Gasteiger partial charge in [-0.3, -0.25) is 4.99 Å². The predicted molar refractivity (Wildman–Crippen MR) is 83.9 cm³/mol. The van der Waals surface area contributed by atoms with Gasteiger partial charge in [0.2, 0.25) is 5.88 Å². The van der Waals surface area contributed by atoms with Crippen LogP contribution in [0.2, 0.25) is 0 Å². The maximum absolute atomic E-state index is 9.47. The van der Waals surface area contributed by atoms with Crippen LogP contribution in [0.15, 0.2) is 53.6 Å². The zero-order chi connectivity index (χ0) is 13.5. The summed E-state index contributed by atoms with van der Waals surface area (Å²) in [6, 6.07) is 9.71. The van der Waals surface area contributed by atoms with E-state index in [2.05, 4.69) is 9.98 Å². The van der Waals surface area contributed by atoms with E-state index in [0.29, 0.717) is 3.95 Å². The van der Waals surface area contributed by atoms with Crippen molar-refractivity contribution in [2.75, 3.05) is 0 Å². The Kier molecular flexibility index (Phi) is 4.83. The summed E-state index contributed by atoms with van der Waals surface area (Å²) in [5.41, 5.74) is 0.914. The summed E-state index contributed by atoms with van der Waals surface area (Å²) in [5, 5.41) is 9.47. The molecule has 2 rings (SSSR count). The van der Waals surface area contributed by atoms with Crippen LogP contribution in [0.1, 0.15) is 4.88 Å². The second-order valence-corrected chi connectivity index (χ2v) is 5.30. The molecule has 0 aliphatic carbocycles. The fourth-order valence-electron chi connectivity index (χ4n) is 1.34. The van der Waals surface area contributed by atoms with E-state index in [-0.39, 0.29) is 5.88 Å². The van der Waals surface area contributed by atoms with Crippen LogP contribution in [-0.2, 0) is 0 Å². The van der Waals surface area contributed by atoms with Gasteiger partial charge in [0, 0.05) is 6.21 Å². The Bertz CT molecular complexity index is 666. The van der Waals surface area contributed by atoms with Crippen LogP contribution in [-0.4, -0.2) is 16.3 Å². The Hall–Kier alpha value is -1.98. The number of thiazole rings is 1. The van der Waals surface area contributed by atoms with Gasteiger partial charge in [0.15, 0.2) is 3.95 Å². The number of aromatic hydroxyl groups is 1. The molecule has 0 aliphatic heterocycles. The highest BCUT2D eigenvalue weighted by Gasteiger charge is 1.98. The summed E-state index contributed by atoms with van der Waals surface area (Å²) >= 11 is 6.25. The van der Waals surface area contributed by atoms with Crippen molar-refractivity contribution >= 4 is 41.5 Å². The SMILES string of the molecule is Oc1[nH]c(=S)sc1C=CC=CC=Nc1ccccc1. The van der Waals surface area contributed by atoms with Gasteiger partial charge >= 0.3 is 0 Å². The molecule has 19 heavy (non-hydrogen) atoms. The third kappa shape index (κ3) is 4.31. The molecule has 96 valence electrons. The number of nitrogens with one attached hydrogen (secondary N) is 1. The molecule has 0 unspecified atom stereocenters. The zero-order valence-corrected chi connectivity index (χ0v) is 11.6. The van der Waals surface area contributed by atoms with Crippen molar-refractivity contribution in [1.82, 2.24) is 4.98 Å². The first-order valence-electron chi connectivity index (χ1n) is 5.60. The van der Waals surface area contributed by atoms with E-state index in [9.17, 15) is 5.11 Å². The Labute approximate surface area is 120 Å². The van der Waals surface area contributed by atoms with Gasteiger partial charge in [-0.25, -0.2) is 0 Å². The standard InChI is InChI=1S/C14H12N2OS2/c17-13-12(19-14(18)16-13)9-5-2-6-10-15-11-7-3-1-4-8-11/h1-10,17H,(H,16,18). The molecule has 1 aromatic heterocycles. The van der Waals surface area contributed by atoms with E-state index < -0.39 is 0 Å². The van der Waals surface area contributed by atoms with Gasteiger partial charge in [-0.15, -0.1) is 11.3 Å². The number of aliphatic imine (C=N–C) groups is 1. The molecule has 5 heteroatoms. The fourth-order valence-corrected chi connectivity index (χ4v) is 2.35. The molecule has 0 aliphatic rings. The van der Waals surface area contributed by atoms with Gasteiger partial charge in [0.25, 0.3) is 0 Å². The van der Waals surface area contributed by atoms with Crippen LogP contribution in [0.5, 0.6) is 5.88 Å². The molecule has 2 N–H and O–H groups in total. The minimum absolute atomic E-state index is 0.109. The smallest absolute Gasteiger partial charge is 0.207 e. The molecule has 0 saturated heterocycles. The van der Waals surface area contributed by atoms with Crippen LogP contribution in [0.25, 0.3) is 6.08 Å². The van der Waals surface area contributed by atoms with Crippen molar-refractivity contribution in [1.29, 1.82) is 0 Å². The van der Waals surface area contributed by atoms with Gasteiger partial charge in [-0.2, -0.15) is 0 Å². The Morgan fingerprint density at radius 1 is 1.16 bits per heavy atom. The lowest BCUT2D eigenvalue weighted by molar-refractivity contribution is 0.456. The van der Waals surface area contributed by atoms with Crippen molar-refractivity contribution in [3.63, 3.8) is 0 Å². The van der Waals surface area contributed by atoms with Crippen LogP contribution in [0, 0.1) is 3.95 Å². The molecule has 0 radical (unpaired) electrons. The molecule has 0 saturated carbocycles. The summed E-state index contributed by atoms with van der Waals surface area (Å²) < 4.78 is 0.562. The number of aromatic nitrogens is 1. The van der Waals surface area contributed by atoms with E-state index in [1.165, 1.54) is 11.3 Å². The van der Waals surface area contributed by atoms with Crippen LogP contribution >= 0.6 is 23.6 Å². The lowest BCUT2D eigenvalue weighted by Crippen LogP contribution is -1.66. The molecule has 0 amide bonds. The minimum Gasteiger partial charge on any atom is -0.494 e. The fraction of sp³-hybridized carbons (Fsp3) is 0. The number of H-pyrrole nitrogens is 1. The summed E-state index contributed by atoms with van der Waals surface area (Å²) in [6.45, 7) is 0. The first kappa shape index (κ1) is 13.5. The van der Waals surface area contributed by atoms with E-state index in [1.54, 1.807) is 12.3 Å². The van der Waals surface area contributed by atoms with Gasteiger partial charge in [0.05, 0.1) is 10.6 Å². The third-order valence-electron chi connectivity index (χ3n) is 2.19. The van der Waals surface area contributed by atoms with Gasteiger partial charge in [0.1, 0.15) is 0 Å². The lowest BCUT2D eigenvalue weighted by Gasteiger charge is -1.88. The number of allylic oxidation sites excluding steroid dienone is 3. The second-order valence-electron chi connectivity index (χ2n) is 3.59. The summed E-state index contributed by atoms with van der Waals surface area (Å²) in [6.07, 6.45) is 9.00. The normalized spacial score (nSPS) is 12.0. The topological polar surface area (TPSA) is 48.4 Å². The number of nitrogens with zero attached hydrogens (tertiary/aromatic N) is 1. The van der Waals surface area contributed by atoms with E-state index >= 15 is 0 Å². The van der Waals surface area contributed by atoms with Crippen molar-refractivity contribution < 1.29 is 5.11 Å². The van der Waals surface area contributed by atoms with Crippen LogP contribution in [0.4, 0.5) is 5.69 Å². The summed E-state index contributed by atoms with van der Waals surface area (Å²) in [5.74, 6) is 0.109. The Balaban J connectivity index is 1.92. The van der Waals surface area contributed by atoms with Crippen molar-refractivity contribution in [3.05, 3.63) is 57.4 Å². The molecule has 0 atom stereocenters. The second kappa shape index (κ2) is 6.82. The maximum Gasteiger partial charge on any atom is 0.207 e. The molecule has 1 aromatic carbocycles. The molecule has 1 heterocycles. The molecular formula is C14H12N2OS2. The number of rotatable bonds is 4. The number of benzene rings is 1. The maximum atomic E-state index is 9.47. The van der Waals surface area contributed by atoms with E-state index in [4.69, 9.17) is 12.2 Å². The van der Waals surface area contributed by atoms with Crippen LogP contribution in [0.3, 0.4) is 0 Å². The highest BCUT2D eigenvalue weighted by molar-refractivity contribution is 7.73. The number of hydrogen-bond acceptors (Lipinski definition) is 4. The highest BCUT2D eigenvalue weighted by atomic mass is 32.1. The number of aromatic amines is 1. The first-order valence-corrected chi connectivity index (χ1v) is 6.83. The average Bonchev–Trinajstić information content (AvgIpc) is 2.73. The average molecular weight is 288 g/mol. The number of hydrogen-bond donors (Lipinski definition) is 2. The Morgan fingerprint density at radius 2 is 1.95 bits per heavy atom. The van der Waals surface area contributed by atoms with Gasteiger partial charge in [-0.05, 0) is 36.5 Å². The van der Waals surface area contributed by atoms with E-state index in [0.717, 1.165) is 10.6 Å². The molecule has 0 fully saturated rings. The van der Waals surface area contributed by atoms with E-state index in [1.807, 2.05) is 48.6 Å². The quantitative estimate of drug-likeness (QED) is 0.495. The van der Waals surface area contributed by atoms with Crippen molar-refractivity contribution in [3.8, 4) is 5.88 Å². The highest BCUT2D eigenvalue weighted by Crippen LogP contribution is 2.22. The molecule has 3 nitrogen and oxygen atoms in total. The van der Waals surface area contributed by atoms with Crippen molar-refractivity contribution in [2.24, 2.45) is 4.99 Å². The first-order chi connectivity index (χ1) is 9.25. The lowest BCUT2D eigenvalue weighted by atomic mass is 10.3. The predicted octanol–water partition coefficient (Wildman–Crippen LogP) is 4.48. The molecular weight excluding hydrogens is 276 g/mol. The largest absolute Gasteiger partial charge is 0.494 e. The van der Waals surface area contributed by atoms with Crippen molar-refractivity contribution in [2.45, 2.75) is 0 Å². The number of para-hydroxylation sites is 1. The monoisotopic (exact) mass is 288 g/mol. The Morgan fingerprint density at radius 3 is 2.63 bits per heavy atom. The van der Waals surface area contributed by atoms with Gasteiger partial charge in [-0.1, -0.05) is 30.4 Å². The molecule has 2 aromatic rings. The van der Waals surface area contributed by atoms with Gasteiger partial charge < -0.3 is 10.1 Å². The van der Waals surface area contributed by atoms with Crippen LogP contribution < -0.4 is 0 Å². The zero-order valence-electron chi connectivity index (χ0n) is 9.98. The third-order valence-corrected chi connectivity index (χ3v) is 3.38. The summed E-state index contributed by atoms with van der Waals surface area (Å²) in [4.78, 5) is 7.64. The minimum atomic E-state index is 0.109. The summed E-state index contributed by atoms with van der Waals surface area (Å²) in [7, 11) is 0. The molecule has 0 bridgehead atoms. The molecule has 0 spiro atoms.